The molecule has 3 rings (SSSR count). The molecule has 0 saturated carbocycles. The first-order valence-corrected chi connectivity index (χ1v) is 7.05. The summed E-state index contributed by atoms with van der Waals surface area (Å²) in [5, 5.41) is 6.08. The van der Waals surface area contributed by atoms with Gasteiger partial charge in [-0.1, -0.05) is 42.5 Å². The molecule has 0 bridgehead atoms. The van der Waals surface area contributed by atoms with Gasteiger partial charge in [0.25, 0.3) is 0 Å². The Balaban J connectivity index is 1.71. The molecule has 3 nitrogen and oxygen atoms in total. The van der Waals surface area contributed by atoms with E-state index in [1.54, 1.807) is 18.2 Å². The molecular weight excluding hydrogens is 267 g/mol. The maximum atomic E-state index is 13.6. The standard InChI is InChI=1S/C17H17FN2O/c18-16-8-4-2-6-13(16)10-20-17(21)15-11-19-9-12-5-1-3-7-14(12)15/h1-8,15,19H,9-11H2,(H,20,21). The fraction of sp³-hybridized carbons (Fsp3) is 0.235. The first kappa shape index (κ1) is 13.8. The SMILES string of the molecule is O=C(NCc1ccccc1F)C1CNCc2ccccc21. The average molecular weight is 284 g/mol. The number of hydrogen-bond donors (Lipinski definition) is 2. The number of amides is 1. The van der Waals surface area contributed by atoms with Crippen molar-refractivity contribution >= 4 is 5.91 Å². The van der Waals surface area contributed by atoms with Crippen LogP contribution in [0.3, 0.4) is 0 Å². The molecule has 1 amide bonds. The second kappa shape index (κ2) is 6.06. The smallest absolute Gasteiger partial charge is 0.229 e. The topological polar surface area (TPSA) is 41.1 Å². The molecule has 0 saturated heterocycles. The van der Waals surface area contributed by atoms with E-state index in [9.17, 15) is 9.18 Å². The van der Waals surface area contributed by atoms with Crippen molar-refractivity contribution in [2.45, 2.75) is 19.0 Å². The molecule has 0 fully saturated rings. The van der Waals surface area contributed by atoms with E-state index in [0.29, 0.717) is 12.1 Å². The van der Waals surface area contributed by atoms with Gasteiger partial charge in [-0.2, -0.15) is 0 Å². The molecule has 1 atom stereocenters. The van der Waals surface area contributed by atoms with E-state index in [1.807, 2.05) is 24.3 Å². The Labute approximate surface area is 123 Å². The predicted octanol–water partition coefficient (Wildman–Crippen LogP) is 2.33. The van der Waals surface area contributed by atoms with E-state index in [0.717, 1.165) is 17.7 Å². The second-order valence-electron chi connectivity index (χ2n) is 5.19. The molecule has 0 radical (unpaired) electrons. The van der Waals surface area contributed by atoms with Gasteiger partial charge < -0.3 is 10.6 Å². The maximum absolute atomic E-state index is 13.6. The minimum atomic E-state index is -0.292. The lowest BCUT2D eigenvalue weighted by Gasteiger charge is -2.25. The van der Waals surface area contributed by atoms with E-state index in [2.05, 4.69) is 10.6 Å². The van der Waals surface area contributed by atoms with Gasteiger partial charge in [-0.05, 0) is 17.2 Å². The van der Waals surface area contributed by atoms with Gasteiger partial charge in [0, 0.05) is 25.2 Å². The lowest BCUT2D eigenvalue weighted by molar-refractivity contribution is -0.122. The minimum absolute atomic E-state index is 0.0714. The number of carbonyl (C=O) groups excluding carboxylic acids is 1. The number of carbonyl (C=O) groups is 1. The molecule has 2 aromatic rings. The van der Waals surface area contributed by atoms with Crippen molar-refractivity contribution in [2.75, 3.05) is 6.54 Å². The summed E-state index contributed by atoms with van der Waals surface area (Å²) >= 11 is 0. The van der Waals surface area contributed by atoms with Crippen LogP contribution < -0.4 is 10.6 Å². The molecule has 0 spiro atoms. The Morgan fingerprint density at radius 2 is 1.95 bits per heavy atom. The van der Waals surface area contributed by atoms with Gasteiger partial charge in [0.1, 0.15) is 5.82 Å². The highest BCUT2D eigenvalue weighted by Gasteiger charge is 2.25. The summed E-state index contributed by atoms with van der Waals surface area (Å²) in [5.41, 5.74) is 2.71. The van der Waals surface area contributed by atoms with Gasteiger partial charge in [-0.15, -0.1) is 0 Å². The first-order chi connectivity index (χ1) is 10.3. The van der Waals surface area contributed by atoms with Gasteiger partial charge in [0.05, 0.1) is 5.92 Å². The lowest BCUT2D eigenvalue weighted by atomic mass is 9.90. The fourth-order valence-electron chi connectivity index (χ4n) is 2.68. The Kier molecular flexibility index (Phi) is 3.97. The molecule has 0 aromatic heterocycles. The Morgan fingerprint density at radius 1 is 1.19 bits per heavy atom. The molecular formula is C17H17FN2O. The summed E-state index contributed by atoms with van der Waals surface area (Å²) in [6.45, 7) is 1.61. The van der Waals surface area contributed by atoms with E-state index in [4.69, 9.17) is 0 Å². The van der Waals surface area contributed by atoms with Crippen molar-refractivity contribution in [3.8, 4) is 0 Å². The Morgan fingerprint density at radius 3 is 2.81 bits per heavy atom. The van der Waals surface area contributed by atoms with Crippen molar-refractivity contribution in [3.05, 3.63) is 71.0 Å². The van der Waals surface area contributed by atoms with Crippen LogP contribution >= 0.6 is 0 Å². The van der Waals surface area contributed by atoms with E-state index in [1.165, 1.54) is 6.07 Å². The van der Waals surface area contributed by atoms with Crippen molar-refractivity contribution in [1.82, 2.24) is 10.6 Å². The number of nitrogens with one attached hydrogen (secondary N) is 2. The molecule has 0 aliphatic carbocycles. The summed E-state index contributed by atoms with van der Waals surface area (Å²) in [4.78, 5) is 12.4. The minimum Gasteiger partial charge on any atom is -0.351 e. The van der Waals surface area contributed by atoms with Crippen LogP contribution in [-0.4, -0.2) is 12.5 Å². The quantitative estimate of drug-likeness (QED) is 0.908. The van der Waals surface area contributed by atoms with Gasteiger partial charge in [-0.25, -0.2) is 4.39 Å². The monoisotopic (exact) mass is 284 g/mol. The molecule has 1 heterocycles. The normalized spacial score (nSPS) is 17.1. The van der Waals surface area contributed by atoms with E-state index < -0.39 is 0 Å². The third kappa shape index (κ3) is 2.95. The molecule has 1 aliphatic heterocycles. The molecule has 2 aromatic carbocycles. The number of halogens is 1. The number of fused-ring (bicyclic) bond motifs is 1. The third-order valence-electron chi connectivity index (χ3n) is 3.82. The predicted molar refractivity (Wildman–Crippen MR) is 79.1 cm³/mol. The zero-order valence-corrected chi connectivity index (χ0v) is 11.6. The van der Waals surface area contributed by atoms with Crippen LogP contribution in [0.5, 0.6) is 0 Å². The van der Waals surface area contributed by atoms with Gasteiger partial charge in [0.15, 0.2) is 0 Å². The molecule has 2 N–H and O–H groups in total. The zero-order chi connectivity index (χ0) is 14.7. The van der Waals surface area contributed by atoms with Crippen LogP contribution in [0.1, 0.15) is 22.6 Å². The van der Waals surface area contributed by atoms with Crippen molar-refractivity contribution in [3.63, 3.8) is 0 Å². The van der Waals surface area contributed by atoms with Crippen molar-refractivity contribution in [2.24, 2.45) is 0 Å². The van der Waals surface area contributed by atoms with E-state index in [-0.39, 0.29) is 24.2 Å². The van der Waals surface area contributed by atoms with Crippen LogP contribution in [-0.2, 0) is 17.9 Å². The highest BCUT2D eigenvalue weighted by molar-refractivity contribution is 5.84. The van der Waals surface area contributed by atoms with Crippen molar-refractivity contribution in [1.29, 1.82) is 0 Å². The van der Waals surface area contributed by atoms with Crippen molar-refractivity contribution < 1.29 is 9.18 Å². The summed E-state index contributed by atoms with van der Waals surface area (Å²) < 4.78 is 13.6. The van der Waals surface area contributed by atoms with Crippen LogP contribution in [0.15, 0.2) is 48.5 Å². The highest BCUT2D eigenvalue weighted by Crippen LogP contribution is 2.24. The largest absolute Gasteiger partial charge is 0.351 e. The maximum Gasteiger partial charge on any atom is 0.229 e. The second-order valence-corrected chi connectivity index (χ2v) is 5.19. The van der Waals surface area contributed by atoms with Crippen LogP contribution in [0.4, 0.5) is 4.39 Å². The number of hydrogen-bond acceptors (Lipinski definition) is 2. The van der Waals surface area contributed by atoms with Crippen LogP contribution in [0.2, 0.25) is 0 Å². The lowest BCUT2D eigenvalue weighted by Crippen LogP contribution is -2.38. The first-order valence-electron chi connectivity index (χ1n) is 7.05. The highest BCUT2D eigenvalue weighted by atomic mass is 19.1. The summed E-state index contributed by atoms with van der Waals surface area (Å²) in [6.07, 6.45) is 0. The third-order valence-corrected chi connectivity index (χ3v) is 3.82. The zero-order valence-electron chi connectivity index (χ0n) is 11.6. The van der Waals surface area contributed by atoms with Gasteiger partial charge in [0.2, 0.25) is 5.91 Å². The molecule has 108 valence electrons. The summed E-state index contributed by atoms with van der Waals surface area (Å²) in [7, 11) is 0. The Bertz CT molecular complexity index is 657. The summed E-state index contributed by atoms with van der Waals surface area (Å²) in [5.74, 6) is -0.584. The molecule has 1 unspecified atom stereocenters. The molecule has 4 heteroatoms. The fourth-order valence-corrected chi connectivity index (χ4v) is 2.68. The van der Waals surface area contributed by atoms with Gasteiger partial charge in [-0.3, -0.25) is 4.79 Å². The number of benzene rings is 2. The number of rotatable bonds is 3. The van der Waals surface area contributed by atoms with E-state index >= 15 is 0 Å². The summed E-state index contributed by atoms with van der Waals surface area (Å²) in [6, 6.07) is 14.4. The van der Waals surface area contributed by atoms with Gasteiger partial charge >= 0.3 is 0 Å². The average Bonchev–Trinajstić information content (AvgIpc) is 2.53. The Hall–Kier alpha value is -2.20. The molecule has 1 aliphatic rings. The molecule has 21 heavy (non-hydrogen) atoms. The van der Waals surface area contributed by atoms with Crippen LogP contribution in [0.25, 0.3) is 0 Å². The van der Waals surface area contributed by atoms with Crippen LogP contribution in [0, 0.1) is 5.82 Å².